The summed E-state index contributed by atoms with van der Waals surface area (Å²) < 4.78 is 43.9. The molecule has 0 bridgehead atoms. The van der Waals surface area contributed by atoms with Gasteiger partial charge in [-0.25, -0.2) is 4.79 Å². The number of hydrogen-bond acceptors (Lipinski definition) is 5. The first-order valence-corrected chi connectivity index (χ1v) is 10.7. The van der Waals surface area contributed by atoms with Gasteiger partial charge in [-0.1, -0.05) is 6.07 Å². The van der Waals surface area contributed by atoms with Gasteiger partial charge < -0.3 is 14.5 Å². The third kappa shape index (κ3) is 5.06. The summed E-state index contributed by atoms with van der Waals surface area (Å²) in [4.78, 5) is 31.8. The Labute approximate surface area is 179 Å². The molecule has 0 radical (unpaired) electrons. The molecular formula is C21H27F3N4O3. The number of alkyl halides is 3. The zero-order valence-corrected chi connectivity index (χ0v) is 17.3. The van der Waals surface area contributed by atoms with Crippen LogP contribution in [0, 0.1) is 0 Å². The summed E-state index contributed by atoms with van der Waals surface area (Å²) in [6.07, 6.45) is -2.90. The Balaban J connectivity index is 1.30. The maximum Gasteiger partial charge on any atom is 0.416 e. The molecule has 2 amide bonds. The number of nitrogens with zero attached hydrogens (tertiary/aromatic N) is 4. The molecule has 3 saturated heterocycles. The monoisotopic (exact) mass is 440 g/mol. The lowest BCUT2D eigenvalue weighted by atomic mass is 10.0. The average molecular weight is 440 g/mol. The molecule has 0 N–H and O–H groups in total. The highest BCUT2D eigenvalue weighted by molar-refractivity contribution is 5.83. The van der Waals surface area contributed by atoms with Crippen LogP contribution in [0.15, 0.2) is 24.3 Å². The Morgan fingerprint density at radius 3 is 2.55 bits per heavy atom. The molecule has 0 spiro atoms. The first-order chi connectivity index (χ1) is 14.8. The fourth-order valence-electron chi connectivity index (χ4n) is 4.54. The van der Waals surface area contributed by atoms with Crippen molar-refractivity contribution < 1.29 is 27.5 Å². The van der Waals surface area contributed by atoms with Crippen LogP contribution in [0.3, 0.4) is 0 Å². The molecule has 0 aromatic heterocycles. The van der Waals surface area contributed by atoms with E-state index in [-0.39, 0.29) is 18.5 Å². The molecule has 3 aliphatic heterocycles. The molecule has 1 aromatic carbocycles. The molecule has 0 unspecified atom stereocenters. The van der Waals surface area contributed by atoms with Gasteiger partial charge in [-0.05, 0) is 31.0 Å². The largest absolute Gasteiger partial charge is 0.448 e. The molecule has 1 aromatic rings. The lowest BCUT2D eigenvalue weighted by Crippen LogP contribution is -2.56. The molecule has 4 rings (SSSR count). The number of hydrogen-bond donors (Lipinski definition) is 0. The zero-order chi connectivity index (χ0) is 22.0. The van der Waals surface area contributed by atoms with E-state index in [0.29, 0.717) is 45.0 Å². The maximum absolute atomic E-state index is 13.0. The summed E-state index contributed by atoms with van der Waals surface area (Å²) in [6, 6.07) is 5.70. The molecule has 1 atom stereocenters. The van der Waals surface area contributed by atoms with Crippen molar-refractivity contribution in [1.82, 2.24) is 14.7 Å². The molecule has 3 heterocycles. The van der Waals surface area contributed by atoms with Crippen molar-refractivity contribution in [1.29, 1.82) is 0 Å². The standard InChI is InChI=1S/C21H27F3N4O3/c22-21(23,24)16-3-1-4-17(13-16)25-7-9-26(10-8-25)18-5-2-6-27(14-18)19(29)15-28-11-12-31-20(28)30/h1,3-4,13,18H,2,5-12,14-15H2/t18-/m1/s1. The maximum atomic E-state index is 13.0. The molecular weight excluding hydrogens is 413 g/mol. The molecule has 31 heavy (non-hydrogen) atoms. The molecule has 0 aliphatic carbocycles. The van der Waals surface area contributed by atoms with Gasteiger partial charge >= 0.3 is 12.3 Å². The third-order valence-electron chi connectivity index (χ3n) is 6.29. The number of likely N-dealkylation sites (tertiary alicyclic amines) is 1. The van der Waals surface area contributed by atoms with Crippen LogP contribution in [0.5, 0.6) is 0 Å². The van der Waals surface area contributed by atoms with Crippen LogP contribution in [0.25, 0.3) is 0 Å². The van der Waals surface area contributed by atoms with Crippen LogP contribution >= 0.6 is 0 Å². The predicted octanol–water partition coefficient (Wildman–Crippen LogP) is 2.27. The Hall–Kier alpha value is -2.49. The summed E-state index contributed by atoms with van der Waals surface area (Å²) in [6.45, 7) is 4.88. The van der Waals surface area contributed by atoms with Gasteiger partial charge in [0.05, 0.1) is 12.1 Å². The lowest BCUT2D eigenvalue weighted by molar-refractivity contribution is -0.137. The van der Waals surface area contributed by atoms with E-state index in [4.69, 9.17) is 4.74 Å². The van der Waals surface area contributed by atoms with Gasteiger partial charge in [-0.15, -0.1) is 0 Å². The number of rotatable bonds is 4. The number of ether oxygens (including phenoxy) is 1. The number of piperazine rings is 1. The van der Waals surface area contributed by atoms with Crippen molar-refractivity contribution in [3.05, 3.63) is 29.8 Å². The molecule has 170 valence electrons. The number of carbonyl (C=O) groups is 2. The molecule has 3 fully saturated rings. The van der Waals surface area contributed by atoms with Gasteiger partial charge in [0.1, 0.15) is 13.2 Å². The van der Waals surface area contributed by atoms with E-state index in [1.54, 1.807) is 6.07 Å². The van der Waals surface area contributed by atoms with Gasteiger partial charge in [0, 0.05) is 51.0 Å². The number of halogens is 3. The van der Waals surface area contributed by atoms with Gasteiger partial charge in [0.25, 0.3) is 0 Å². The number of benzene rings is 1. The summed E-state index contributed by atoms with van der Waals surface area (Å²) >= 11 is 0. The van der Waals surface area contributed by atoms with Crippen LogP contribution in [-0.4, -0.2) is 91.7 Å². The fourth-order valence-corrected chi connectivity index (χ4v) is 4.54. The summed E-state index contributed by atoms with van der Waals surface area (Å²) in [5.74, 6) is -0.0637. The second kappa shape index (κ2) is 8.94. The number of anilines is 1. The summed E-state index contributed by atoms with van der Waals surface area (Å²) in [7, 11) is 0. The van der Waals surface area contributed by atoms with Crippen LogP contribution in [-0.2, 0) is 15.7 Å². The van der Waals surface area contributed by atoms with Crippen LogP contribution < -0.4 is 4.90 Å². The van der Waals surface area contributed by atoms with E-state index in [9.17, 15) is 22.8 Å². The van der Waals surface area contributed by atoms with E-state index >= 15 is 0 Å². The lowest BCUT2D eigenvalue weighted by Gasteiger charge is -2.44. The highest BCUT2D eigenvalue weighted by Crippen LogP contribution is 2.32. The minimum Gasteiger partial charge on any atom is -0.448 e. The Kier molecular flexibility index (Phi) is 6.27. The van der Waals surface area contributed by atoms with Gasteiger partial charge in [0.2, 0.25) is 5.91 Å². The summed E-state index contributed by atoms with van der Waals surface area (Å²) in [5, 5.41) is 0. The number of amides is 2. The smallest absolute Gasteiger partial charge is 0.416 e. The topological polar surface area (TPSA) is 56.3 Å². The molecule has 3 aliphatic rings. The quantitative estimate of drug-likeness (QED) is 0.719. The van der Waals surface area contributed by atoms with E-state index in [1.807, 2.05) is 9.80 Å². The van der Waals surface area contributed by atoms with E-state index in [1.165, 1.54) is 17.0 Å². The number of piperidine rings is 1. The van der Waals surface area contributed by atoms with Crippen LogP contribution in [0.4, 0.5) is 23.7 Å². The Morgan fingerprint density at radius 1 is 1.10 bits per heavy atom. The molecule has 10 heteroatoms. The van der Waals surface area contributed by atoms with Crippen molar-refractivity contribution in [2.45, 2.75) is 25.1 Å². The van der Waals surface area contributed by atoms with Crippen molar-refractivity contribution in [2.75, 3.05) is 63.9 Å². The van der Waals surface area contributed by atoms with Gasteiger partial charge in [0.15, 0.2) is 0 Å². The fraction of sp³-hybridized carbons (Fsp3) is 0.619. The minimum atomic E-state index is -4.35. The highest BCUT2D eigenvalue weighted by Gasteiger charge is 2.33. The molecule has 0 saturated carbocycles. The second-order valence-corrected chi connectivity index (χ2v) is 8.24. The zero-order valence-electron chi connectivity index (χ0n) is 17.3. The average Bonchev–Trinajstić information content (AvgIpc) is 3.18. The summed E-state index contributed by atoms with van der Waals surface area (Å²) in [5.41, 5.74) is -0.0387. The highest BCUT2D eigenvalue weighted by atomic mass is 19.4. The van der Waals surface area contributed by atoms with Crippen LogP contribution in [0.1, 0.15) is 18.4 Å². The predicted molar refractivity (Wildman–Crippen MR) is 108 cm³/mol. The van der Waals surface area contributed by atoms with Crippen LogP contribution in [0.2, 0.25) is 0 Å². The Bertz CT molecular complexity index is 811. The van der Waals surface area contributed by atoms with Crippen molar-refractivity contribution in [2.24, 2.45) is 0 Å². The normalized spacial score (nSPS) is 23.3. The van der Waals surface area contributed by atoms with Crippen molar-refractivity contribution >= 4 is 17.7 Å². The first-order valence-electron chi connectivity index (χ1n) is 10.7. The number of carbonyl (C=O) groups excluding carboxylic acids is 2. The van der Waals surface area contributed by atoms with E-state index < -0.39 is 17.8 Å². The van der Waals surface area contributed by atoms with E-state index in [2.05, 4.69) is 4.90 Å². The minimum absolute atomic E-state index is 0.0505. The third-order valence-corrected chi connectivity index (χ3v) is 6.29. The van der Waals surface area contributed by atoms with Gasteiger partial charge in [-0.3, -0.25) is 14.6 Å². The van der Waals surface area contributed by atoms with Crippen molar-refractivity contribution in [3.8, 4) is 0 Å². The second-order valence-electron chi connectivity index (χ2n) is 8.24. The van der Waals surface area contributed by atoms with Gasteiger partial charge in [-0.2, -0.15) is 13.2 Å². The SMILES string of the molecule is O=C(CN1CCOC1=O)N1CCC[C@@H](N2CCN(c3cccc(C(F)(F)F)c3)CC2)C1. The van der Waals surface area contributed by atoms with E-state index in [0.717, 1.165) is 32.0 Å². The first kappa shape index (κ1) is 21.7. The Morgan fingerprint density at radius 2 is 1.87 bits per heavy atom. The van der Waals surface area contributed by atoms with Crippen molar-refractivity contribution in [3.63, 3.8) is 0 Å². The number of cyclic esters (lactones) is 1. The molecule has 7 nitrogen and oxygen atoms in total.